The lowest BCUT2D eigenvalue weighted by Gasteiger charge is -2.34. The topological polar surface area (TPSA) is 67.7 Å². The first-order chi connectivity index (χ1) is 9.98. The molecule has 0 amide bonds. The molecule has 8 heteroatoms. The van der Waals surface area contributed by atoms with Crippen LogP contribution in [0.15, 0.2) is 6.20 Å². The summed E-state index contributed by atoms with van der Waals surface area (Å²) in [5.41, 5.74) is 0.913. The Morgan fingerprint density at radius 3 is 2.57 bits per heavy atom. The summed E-state index contributed by atoms with van der Waals surface area (Å²) in [5, 5.41) is 0. The molecule has 0 N–H and O–H groups in total. The van der Waals surface area contributed by atoms with Crippen LogP contribution in [0.1, 0.15) is 30.5 Å². The summed E-state index contributed by atoms with van der Waals surface area (Å²) in [5.74, 6) is 0.786. The maximum absolute atomic E-state index is 12.6. The van der Waals surface area contributed by atoms with Crippen LogP contribution in [0.3, 0.4) is 0 Å². The van der Waals surface area contributed by atoms with E-state index in [1.165, 1.54) is 4.31 Å². The molecule has 118 valence electrons. The number of morpholine rings is 1. The molecule has 2 fully saturated rings. The Morgan fingerprint density at radius 2 is 1.95 bits per heavy atom. The predicted octanol–water partition coefficient (Wildman–Crippen LogP) is 0.442. The van der Waals surface area contributed by atoms with Crippen molar-refractivity contribution in [3.8, 4) is 0 Å². The molecule has 0 spiro atoms. The Morgan fingerprint density at radius 1 is 1.24 bits per heavy atom. The minimum Gasteiger partial charge on any atom is -0.368 e. The highest BCUT2D eigenvalue weighted by Gasteiger charge is 2.36. The largest absolute Gasteiger partial charge is 0.368 e. The zero-order valence-electron chi connectivity index (χ0n) is 12.5. The van der Waals surface area contributed by atoms with E-state index in [9.17, 15) is 8.42 Å². The molecule has 2 saturated heterocycles. The summed E-state index contributed by atoms with van der Waals surface area (Å²) in [6, 6.07) is 0. The first kappa shape index (κ1) is 15.0. The fraction of sp³-hybridized carbons (Fsp3) is 0.769. The molecule has 0 aromatic carbocycles. The quantitative estimate of drug-likeness (QED) is 0.812. The van der Waals surface area contributed by atoms with E-state index >= 15 is 0 Å². The van der Waals surface area contributed by atoms with Crippen molar-refractivity contribution in [1.29, 1.82) is 0 Å². The molecule has 7 nitrogen and oxygen atoms in total. The second kappa shape index (κ2) is 5.68. The van der Waals surface area contributed by atoms with Crippen molar-refractivity contribution in [2.75, 3.05) is 32.8 Å². The van der Waals surface area contributed by atoms with Gasteiger partial charge in [-0.05, 0) is 19.8 Å². The van der Waals surface area contributed by atoms with Crippen LogP contribution < -0.4 is 0 Å². The zero-order valence-corrected chi connectivity index (χ0v) is 13.3. The third-order valence-corrected chi connectivity index (χ3v) is 6.07. The highest BCUT2D eigenvalue weighted by Crippen LogP contribution is 2.25. The third-order valence-electron chi connectivity index (χ3n) is 4.07. The smallest absolute Gasteiger partial charge is 0.282 e. The molecule has 3 heterocycles. The van der Waals surface area contributed by atoms with Crippen LogP contribution in [0, 0.1) is 6.92 Å². The van der Waals surface area contributed by atoms with Gasteiger partial charge in [0.15, 0.2) is 0 Å². The number of aryl methyl sites for hydroxylation is 2. The van der Waals surface area contributed by atoms with Gasteiger partial charge in [0.2, 0.25) is 0 Å². The van der Waals surface area contributed by atoms with Crippen LogP contribution in [0.5, 0.6) is 0 Å². The van der Waals surface area contributed by atoms with E-state index in [-0.39, 0.29) is 6.10 Å². The second-order valence-corrected chi connectivity index (χ2v) is 7.61. The second-order valence-electron chi connectivity index (χ2n) is 5.68. The van der Waals surface area contributed by atoms with Crippen LogP contribution >= 0.6 is 0 Å². The molecule has 1 aromatic rings. The number of hydrogen-bond acceptors (Lipinski definition) is 4. The molecule has 0 aliphatic carbocycles. The monoisotopic (exact) mass is 314 g/mol. The van der Waals surface area contributed by atoms with Gasteiger partial charge in [0.05, 0.1) is 12.3 Å². The van der Waals surface area contributed by atoms with Crippen LogP contribution in [0.2, 0.25) is 0 Å². The molecule has 0 radical (unpaired) electrons. The Kier molecular flexibility index (Phi) is 4.04. The summed E-state index contributed by atoms with van der Waals surface area (Å²) < 4.78 is 36.0. The average Bonchev–Trinajstić information content (AvgIpc) is 3.09. The fourth-order valence-electron chi connectivity index (χ4n) is 3.01. The summed E-state index contributed by atoms with van der Waals surface area (Å²) in [6.07, 6.45) is 3.53. The van der Waals surface area contributed by atoms with Crippen LogP contribution in [-0.2, 0) is 22.0 Å². The van der Waals surface area contributed by atoms with Crippen molar-refractivity contribution < 1.29 is 13.2 Å². The number of hydrogen-bond donors (Lipinski definition) is 0. The Balaban J connectivity index is 1.78. The minimum atomic E-state index is -3.36. The van der Waals surface area contributed by atoms with Crippen molar-refractivity contribution in [3.05, 3.63) is 17.7 Å². The van der Waals surface area contributed by atoms with Gasteiger partial charge in [-0.3, -0.25) is 0 Å². The molecule has 2 aliphatic heterocycles. The summed E-state index contributed by atoms with van der Waals surface area (Å²) in [7, 11) is -1.45. The highest BCUT2D eigenvalue weighted by molar-refractivity contribution is 7.86. The van der Waals surface area contributed by atoms with Crippen molar-refractivity contribution in [3.63, 3.8) is 0 Å². The molecule has 21 heavy (non-hydrogen) atoms. The number of rotatable bonds is 3. The molecule has 1 aromatic heterocycles. The number of ether oxygens (including phenoxy) is 1. The summed E-state index contributed by atoms with van der Waals surface area (Å²) >= 11 is 0. The van der Waals surface area contributed by atoms with E-state index in [0.717, 1.165) is 24.4 Å². The predicted molar refractivity (Wildman–Crippen MR) is 77.9 cm³/mol. The van der Waals surface area contributed by atoms with Crippen LogP contribution in [0.4, 0.5) is 0 Å². The van der Waals surface area contributed by atoms with Gasteiger partial charge in [-0.25, -0.2) is 4.98 Å². The summed E-state index contributed by atoms with van der Waals surface area (Å²) in [4.78, 5) is 4.45. The zero-order chi connectivity index (χ0) is 15.0. The van der Waals surface area contributed by atoms with E-state index in [2.05, 4.69) is 4.98 Å². The van der Waals surface area contributed by atoms with Gasteiger partial charge in [-0.1, -0.05) is 0 Å². The Hall–Kier alpha value is -0.960. The van der Waals surface area contributed by atoms with Crippen molar-refractivity contribution in [2.24, 2.45) is 7.05 Å². The van der Waals surface area contributed by atoms with E-state index in [1.54, 1.807) is 4.31 Å². The molecular weight excluding hydrogens is 292 g/mol. The number of imidazole rings is 1. The molecule has 1 atom stereocenters. The van der Waals surface area contributed by atoms with E-state index in [4.69, 9.17) is 4.74 Å². The van der Waals surface area contributed by atoms with E-state index in [0.29, 0.717) is 32.8 Å². The van der Waals surface area contributed by atoms with Gasteiger partial charge >= 0.3 is 0 Å². The Labute approximate surface area is 125 Å². The molecular formula is C13H22N4O3S. The minimum absolute atomic E-state index is 0.296. The number of nitrogens with zero attached hydrogens (tertiary/aromatic N) is 4. The molecule has 0 saturated carbocycles. The lowest BCUT2D eigenvalue weighted by molar-refractivity contribution is -0.0104. The first-order valence-electron chi connectivity index (χ1n) is 7.35. The van der Waals surface area contributed by atoms with Gasteiger partial charge in [0.1, 0.15) is 11.9 Å². The Bertz CT molecular complexity index is 607. The van der Waals surface area contributed by atoms with Crippen LogP contribution in [0.25, 0.3) is 0 Å². The van der Waals surface area contributed by atoms with Gasteiger partial charge in [-0.2, -0.15) is 17.0 Å². The SMILES string of the molecule is Cc1cn(C)c([C@@H]2CN(S(=O)(=O)N3CCCC3)CCO2)n1. The van der Waals surface area contributed by atoms with Crippen molar-refractivity contribution in [1.82, 2.24) is 18.2 Å². The van der Waals surface area contributed by atoms with E-state index < -0.39 is 10.2 Å². The maximum atomic E-state index is 12.6. The highest BCUT2D eigenvalue weighted by atomic mass is 32.2. The maximum Gasteiger partial charge on any atom is 0.282 e. The van der Waals surface area contributed by atoms with E-state index in [1.807, 2.05) is 24.7 Å². The van der Waals surface area contributed by atoms with Crippen molar-refractivity contribution in [2.45, 2.75) is 25.9 Å². The molecule has 0 bridgehead atoms. The molecule has 2 aliphatic rings. The fourth-order valence-corrected chi connectivity index (χ4v) is 4.68. The van der Waals surface area contributed by atoms with Crippen LogP contribution in [-0.4, -0.2) is 59.4 Å². The molecule has 0 unspecified atom stereocenters. The van der Waals surface area contributed by atoms with Gasteiger partial charge in [-0.15, -0.1) is 0 Å². The lowest BCUT2D eigenvalue weighted by atomic mass is 10.3. The number of aromatic nitrogens is 2. The lowest BCUT2D eigenvalue weighted by Crippen LogP contribution is -2.48. The van der Waals surface area contributed by atoms with Crippen molar-refractivity contribution >= 4 is 10.2 Å². The average molecular weight is 314 g/mol. The third kappa shape index (κ3) is 2.85. The summed E-state index contributed by atoms with van der Waals surface area (Å²) in [6.45, 7) is 4.34. The van der Waals surface area contributed by atoms with Gasteiger partial charge in [0.25, 0.3) is 10.2 Å². The first-order valence-corrected chi connectivity index (χ1v) is 8.75. The standard InChI is InChI=1S/C13H22N4O3S/c1-11-9-15(2)13(14-11)12-10-17(7-8-20-12)21(18,19)16-5-3-4-6-16/h9,12H,3-8,10H2,1-2H3/t12-/m0/s1. The van der Waals surface area contributed by atoms with Gasteiger partial charge < -0.3 is 9.30 Å². The van der Waals surface area contributed by atoms with Gasteiger partial charge in [0, 0.05) is 39.4 Å². The normalized spacial score (nSPS) is 25.5. The molecule has 3 rings (SSSR count).